The van der Waals surface area contributed by atoms with E-state index >= 15 is 0 Å². The van der Waals surface area contributed by atoms with Crippen molar-refractivity contribution in [3.05, 3.63) is 36.5 Å². The first-order valence-corrected chi connectivity index (χ1v) is 5.16. The predicted molar refractivity (Wildman–Crippen MR) is 56.1 cm³/mol. The molecule has 0 radical (unpaired) electrons. The van der Waals surface area contributed by atoms with Gasteiger partial charge in [0, 0.05) is 18.9 Å². The van der Waals surface area contributed by atoms with E-state index in [0.29, 0.717) is 11.7 Å². The quantitative estimate of drug-likeness (QED) is 0.772. The minimum Gasteiger partial charge on any atom is -0.325 e. The molecule has 0 bridgehead atoms. The first-order chi connectivity index (χ1) is 7.38. The van der Waals surface area contributed by atoms with E-state index in [1.54, 1.807) is 30.9 Å². The van der Waals surface area contributed by atoms with Crippen molar-refractivity contribution in [3.63, 3.8) is 0 Å². The van der Waals surface area contributed by atoms with Crippen LogP contribution in [0.15, 0.2) is 41.0 Å². The SMILES string of the molecule is NCc1cnc(Sc2ncccn2)cn1. The third-order valence-electron chi connectivity index (χ3n) is 1.63. The third-order valence-corrected chi connectivity index (χ3v) is 2.44. The van der Waals surface area contributed by atoms with Crippen LogP contribution in [0.4, 0.5) is 0 Å². The van der Waals surface area contributed by atoms with Crippen molar-refractivity contribution in [2.75, 3.05) is 0 Å². The molecule has 0 fully saturated rings. The van der Waals surface area contributed by atoms with Crippen LogP contribution in [0, 0.1) is 0 Å². The summed E-state index contributed by atoms with van der Waals surface area (Å²) in [5, 5.41) is 1.42. The van der Waals surface area contributed by atoms with Crippen LogP contribution in [-0.2, 0) is 6.54 Å². The lowest BCUT2D eigenvalue weighted by Crippen LogP contribution is -2.00. The first-order valence-electron chi connectivity index (χ1n) is 4.34. The molecule has 2 heterocycles. The Morgan fingerprint density at radius 3 is 2.47 bits per heavy atom. The van der Waals surface area contributed by atoms with Crippen LogP contribution >= 0.6 is 11.8 Å². The van der Waals surface area contributed by atoms with E-state index in [4.69, 9.17) is 5.73 Å². The lowest BCUT2D eigenvalue weighted by Gasteiger charge is -1.99. The number of rotatable bonds is 3. The Bertz CT molecular complexity index is 416. The molecule has 2 rings (SSSR count). The van der Waals surface area contributed by atoms with Crippen LogP contribution in [0.1, 0.15) is 5.69 Å². The average molecular weight is 219 g/mol. The van der Waals surface area contributed by atoms with Gasteiger partial charge in [0.1, 0.15) is 5.03 Å². The molecule has 2 N–H and O–H groups in total. The lowest BCUT2D eigenvalue weighted by atomic mass is 10.5. The highest BCUT2D eigenvalue weighted by atomic mass is 32.2. The van der Waals surface area contributed by atoms with Crippen molar-refractivity contribution < 1.29 is 0 Å². The van der Waals surface area contributed by atoms with E-state index in [1.807, 2.05) is 0 Å². The van der Waals surface area contributed by atoms with Gasteiger partial charge in [-0.1, -0.05) is 0 Å². The Morgan fingerprint density at radius 2 is 1.87 bits per heavy atom. The Kier molecular flexibility index (Phi) is 3.21. The Hall–Kier alpha value is -1.53. The lowest BCUT2D eigenvalue weighted by molar-refractivity contribution is 0.913. The van der Waals surface area contributed by atoms with Gasteiger partial charge in [-0.25, -0.2) is 15.0 Å². The summed E-state index contributed by atoms with van der Waals surface area (Å²) < 4.78 is 0. The molecule has 0 amide bonds. The second kappa shape index (κ2) is 4.81. The fourth-order valence-corrected chi connectivity index (χ4v) is 1.56. The van der Waals surface area contributed by atoms with Crippen molar-refractivity contribution >= 4 is 11.8 Å². The van der Waals surface area contributed by atoms with Gasteiger partial charge in [0.15, 0.2) is 5.16 Å². The van der Waals surface area contributed by atoms with Gasteiger partial charge < -0.3 is 5.73 Å². The highest BCUT2D eigenvalue weighted by Gasteiger charge is 2.01. The van der Waals surface area contributed by atoms with Crippen LogP contribution in [0.2, 0.25) is 0 Å². The first kappa shape index (κ1) is 10.0. The molecule has 2 aromatic rings. The van der Waals surface area contributed by atoms with E-state index in [-0.39, 0.29) is 0 Å². The molecular weight excluding hydrogens is 210 g/mol. The van der Waals surface area contributed by atoms with Gasteiger partial charge >= 0.3 is 0 Å². The zero-order chi connectivity index (χ0) is 10.5. The number of hydrogen-bond donors (Lipinski definition) is 1. The molecule has 15 heavy (non-hydrogen) atoms. The topological polar surface area (TPSA) is 77.6 Å². The van der Waals surface area contributed by atoms with Gasteiger partial charge in [-0.15, -0.1) is 0 Å². The van der Waals surface area contributed by atoms with Crippen molar-refractivity contribution in [2.24, 2.45) is 5.73 Å². The summed E-state index contributed by atoms with van der Waals surface area (Å²) in [4.78, 5) is 16.5. The molecule has 0 unspecified atom stereocenters. The van der Waals surface area contributed by atoms with Crippen molar-refractivity contribution in [3.8, 4) is 0 Å². The highest BCUT2D eigenvalue weighted by Crippen LogP contribution is 2.20. The van der Waals surface area contributed by atoms with Crippen LogP contribution in [-0.4, -0.2) is 19.9 Å². The van der Waals surface area contributed by atoms with Gasteiger partial charge in [0.05, 0.1) is 18.1 Å². The number of aromatic nitrogens is 4. The molecule has 0 aliphatic carbocycles. The zero-order valence-corrected chi connectivity index (χ0v) is 8.68. The van der Waals surface area contributed by atoms with E-state index in [0.717, 1.165) is 10.7 Å². The summed E-state index contributed by atoms with van der Waals surface area (Å²) in [6.45, 7) is 0.403. The fraction of sp³-hybridized carbons (Fsp3) is 0.111. The maximum atomic E-state index is 5.42. The summed E-state index contributed by atoms with van der Waals surface area (Å²) in [5.41, 5.74) is 6.19. The second-order valence-electron chi connectivity index (χ2n) is 2.68. The molecule has 2 aromatic heterocycles. The fourth-order valence-electron chi connectivity index (χ4n) is 0.933. The minimum atomic E-state index is 0.403. The summed E-state index contributed by atoms with van der Waals surface area (Å²) in [5.74, 6) is 0. The molecule has 6 heteroatoms. The maximum absolute atomic E-state index is 5.42. The molecular formula is C9H9N5S. The summed E-state index contributed by atoms with van der Waals surface area (Å²) >= 11 is 1.37. The van der Waals surface area contributed by atoms with Crippen molar-refractivity contribution in [1.29, 1.82) is 0 Å². The van der Waals surface area contributed by atoms with E-state index in [1.165, 1.54) is 11.8 Å². The summed E-state index contributed by atoms with van der Waals surface area (Å²) in [6, 6.07) is 1.77. The van der Waals surface area contributed by atoms with Crippen LogP contribution in [0.3, 0.4) is 0 Å². The highest BCUT2D eigenvalue weighted by molar-refractivity contribution is 7.99. The van der Waals surface area contributed by atoms with Gasteiger partial charge in [-0.05, 0) is 17.8 Å². The smallest absolute Gasteiger partial charge is 0.193 e. The summed E-state index contributed by atoms with van der Waals surface area (Å²) in [7, 11) is 0. The molecule has 0 atom stereocenters. The van der Waals surface area contributed by atoms with Gasteiger partial charge in [-0.3, -0.25) is 4.98 Å². The molecule has 0 spiro atoms. The van der Waals surface area contributed by atoms with Crippen molar-refractivity contribution in [1.82, 2.24) is 19.9 Å². The molecule has 0 aromatic carbocycles. The standard InChI is InChI=1S/C9H9N5S/c10-4-7-5-14-8(6-13-7)15-9-11-2-1-3-12-9/h1-3,5-6H,4,10H2. The van der Waals surface area contributed by atoms with Crippen LogP contribution in [0.25, 0.3) is 0 Å². The van der Waals surface area contributed by atoms with E-state index < -0.39 is 0 Å². The largest absolute Gasteiger partial charge is 0.325 e. The Balaban J connectivity index is 2.11. The molecule has 5 nitrogen and oxygen atoms in total. The number of nitrogens with two attached hydrogens (primary N) is 1. The van der Waals surface area contributed by atoms with Gasteiger partial charge in [0.2, 0.25) is 0 Å². The van der Waals surface area contributed by atoms with E-state index in [2.05, 4.69) is 19.9 Å². The Labute approximate surface area is 91.2 Å². The molecule has 0 aliphatic heterocycles. The Morgan fingerprint density at radius 1 is 1.07 bits per heavy atom. The third kappa shape index (κ3) is 2.71. The molecule has 0 saturated carbocycles. The number of hydrogen-bond acceptors (Lipinski definition) is 6. The predicted octanol–water partition coefficient (Wildman–Crippen LogP) is 0.876. The van der Waals surface area contributed by atoms with Crippen LogP contribution < -0.4 is 5.73 Å². The summed E-state index contributed by atoms with van der Waals surface area (Å²) in [6.07, 6.45) is 6.71. The minimum absolute atomic E-state index is 0.403. The normalized spacial score (nSPS) is 10.2. The number of nitrogens with zero attached hydrogens (tertiary/aromatic N) is 4. The second-order valence-corrected chi connectivity index (χ2v) is 3.67. The van der Waals surface area contributed by atoms with Gasteiger partial charge in [0.25, 0.3) is 0 Å². The molecule has 0 saturated heterocycles. The van der Waals surface area contributed by atoms with E-state index in [9.17, 15) is 0 Å². The monoisotopic (exact) mass is 219 g/mol. The average Bonchev–Trinajstić information content (AvgIpc) is 2.31. The molecule has 0 aliphatic rings. The molecule has 76 valence electrons. The zero-order valence-electron chi connectivity index (χ0n) is 7.87. The van der Waals surface area contributed by atoms with Crippen molar-refractivity contribution in [2.45, 2.75) is 16.7 Å². The maximum Gasteiger partial charge on any atom is 0.193 e. The van der Waals surface area contributed by atoms with Gasteiger partial charge in [-0.2, -0.15) is 0 Å². The van der Waals surface area contributed by atoms with Crippen LogP contribution in [0.5, 0.6) is 0 Å².